The van der Waals surface area contributed by atoms with Crippen molar-refractivity contribution in [2.75, 3.05) is 5.32 Å². The summed E-state index contributed by atoms with van der Waals surface area (Å²) in [4.78, 5) is 24.5. The van der Waals surface area contributed by atoms with E-state index in [0.717, 1.165) is 11.1 Å². The number of amides is 1. The molecule has 2 rings (SSSR count). The van der Waals surface area contributed by atoms with E-state index in [1.54, 1.807) is 29.9 Å². The van der Waals surface area contributed by atoms with Gasteiger partial charge in [-0.1, -0.05) is 17.7 Å². The molecule has 1 atom stereocenters. The number of hydrogen-bond acceptors (Lipinski definition) is 4. The van der Waals surface area contributed by atoms with Gasteiger partial charge in [0.25, 0.3) is 5.91 Å². The molecule has 1 heterocycles. The van der Waals surface area contributed by atoms with E-state index < -0.39 is 18.0 Å². The summed E-state index contributed by atoms with van der Waals surface area (Å²) in [5.74, 6) is -0.326. The Bertz CT molecular complexity index is 750. The Morgan fingerprint density at radius 2 is 1.88 bits per heavy atom. The Balaban J connectivity index is 2.03. The van der Waals surface area contributed by atoms with Crippen LogP contribution in [0.4, 0.5) is 5.82 Å². The van der Waals surface area contributed by atoms with Crippen LogP contribution in [0.25, 0.3) is 0 Å². The molecule has 6 heteroatoms. The van der Waals surface area contributed by atoms with E-state index in [-0.39, 0.29) is 6.04 Å². The van der Waals surface area contributed by atoms with Gasteiger partial charge in [0.05, 0.1) is 11.8 Å². The molecule has 1 aromatic carbocycles. The number of rotatable bonds is 5. The largest absolute Gasteiger partial charge is 0.449 e. The molecule has 0 aliphatic carbocycles. The summed E-state index contributed by atoms with van der Waals surface area (Å²) in [5.41, 5.74) is 2.36. The average molecular weight is 329 g/mol. The Labute approximate surface area is 141 Å². The maximum absolute atomic E-state index is 12.3. The van der Waals surface area contributed by atoms with Crippen LogP contribution in [0.15, 0.2) is 30.5 Å². The van der Waals surface area contributed by atoms with Gasteiger partial charge in [0.1, 0.15) is 5.82 Å². The minimum atomic E-state index is -0.909. The highest BCUT2D eigenvalue weighted by Crippen LogP contribution is 2.15. The molecule has 6 nitrogen and oxygen atoms in total. The van der Waals surface area contributed by atoms with Crippen molar-refractivity contribution in [3.05, 3.63) is 47.2 Å². The number of anilines is 1. The molecule has 0 fully saturated rings. The summed E-state index contributed by atoms with van der Waals surface area (Å²) >= 11 is 0. The third-order valence-corrected chi connectivity index (χ3v) is 3.67. The normalized spacial score (nSPS) is 12.1. The number of carbonyl (C=O) groups is 2. The zero-order chi connectivity index (χ0) is 17.9. The van der Waals surface area contributed by atoms with Crippen LogP contribution in [0.1, 0.15) is 48.3 Å². The Kier molecular flexibility index (Phi) is 5.39. The predicted molar refractivity (Wildman–Crippen MR) is 92.0 cm³/mol. The molecule has 0 radical (unpaired) electrons. The topological polar surface area (TPSA) is 73.2 Å². The number of esters is 1. The van der Waals surface area contributed by atoms with Crippen molar-refractivity contribution in [2.24, 2.45) is 0 Å². The minimum absolute atomic E-state index is 0.114. The number of ether oxygens (including phenoxy) is 1. The van der Waals surface area contributed by atoms with Gasteiger partial charge in [-0.2, -0.15) is 5.10 Å². The molecule has 1 aromatic heterocycles. The van der Waals surface area contributed by atoms with E-state index in [1.807, 2.05) is 39.8 Å². The lowest BCUT2D eigenvalue weighted by molar-refractivity contribution is -0.123. The fourth-order valence-corrected chi connectivity index (χ4v) is 2.37. The zero-order valence-corrected chi connectivity index (χ0v) is 14.7. The first-order valence-corrected chi connectivity index (χ1v) is 7.92. The monoisotopic (exact) mass is 329 g/mol. The second-order valence-electron chi connectivity index (χ2n) is 6.11. The first kappa shape index (κ1) is 17.7. The lowest BCUT2D eigenvalue weighted by Gasteiger charge is -2.16. The Hall–Kier alpha value is -2.63. The molecule has 0 unspecified atom stereocenters. The number of benzene rings is 1. The van der Waals surface area contributed by atoms with Crippen molar-refractivity contribution >= 4 is 17.7 Å². The first-order valence-electron chi connectivity index (χ1n) is 7.92. The van der Waals surface area contributed by atoms with Crippen molar-refractivity contribution in [1.82, 2.24) is 9.78 Å². The molecule has 0 aliphatic heterocycles. The molecule has 0 saturated heterocycles. The molecule has 1 N–H and O–H groups in total. The highest BCUT2D eigenvalue weighted by molar-refractivity contribution is 5.97. The van der Waals surface area contributed by atoms with Crippen molar-refractivity contribution < 1.29 is 14.3 Å². The second-order valence-corrected chi connectivity index (χ2v) is 6.11. The van der Waals surface area contributed by atoms with E-state index in [1.165, 1.54) is 0 Å². The number of nitrogens with zero attached hydrogens (tertiary/aromatic N) is 2. The molecular weight excluding hydrogens is 306 g/mol. The van der Waals surface area contributed by atoms with Gasteiger partial charge in [-0.05, 0) is 46.2 Å². The van der Waals surface area contributed by atoms with E-state index in [9.17, 15) is 9.59 Å². The van der Waals surface area contributed by atoms with E-state index >= 15 is 0 Å². The van der Waals surface area contributed by atoms with Crippen LogP contribution in [-0.2, 0) is 9.53 Å². The third-order valence-electron chi connectivity index (χ3n) is 3.67. The van der Waals surface area contributed by atoms with E-state index in [4.69, 9.17) is 4.74 Å². The fraction of sp³-hybridized carbons (Fsp3) is 0.389. The van der Waals surface area contributed by atoms with Crippen molar-refractivity contribution in [2.45, 2.75) is 46.8 Å². The summed E-state index contributed by atoms with van der Waals surface area (Å²) in [6.07, 6.45) is 0.704. The maximum Gasteiger partial charge on any atom is 0.339 e. The summed E-state index contributed by atoms with van der Waals surface area (Å²) in [5, 5.41) is 6.89. The van der Waals surface area contributed by atoms with Gasteiger partial charge in [0.15, 0.2) is 6.10 Å². The number of nitrogens with one attached hydrogen (secondary N) is 1. The van der Waals surface area contributed by atoms with E-state index in [0.29, 0.717) is 11.4 Å². The van der Waals surface area contributed by atoms with Crippen molar-refractivity contribution in [3.8, 4) is 0 Å². The van der Waals surface area contributed by atoms with Crippen molar-refractivity contribution in [3.63, 3.8) is 0 Å². The summed E-state index contributed by atoms with van der Waals surface area (Å²) < 4.78 is 6.98. The van der Waals surface area contributed by atoms with Crippen LogP contribution in [0.5, 0.6) is 0 Å². The summed E-state index contributed by atoms with van der Waals surface area (Å²) in [6, 6.07) is 7.28. The van der Waals surface area contributed by atoms with Crippen LogP contribution in [0.2, 0.25) is 0 Å². The van der Waals surface area contributed by atoms with Crippen LogP contribution < -0.4 is 5.32 Å². The van der Waals surface area contributed by atoms with Crippen LogP contribution in [-0.4, -0.2) is 27.8 Å². The van der Waals surface area contributed by atoms with Gasteiger partial charge < -0.3 is 10.1 Å². The molecule has 0 aliphatic rings. The fourth-order valence-electron chi connectivity index (χ4n) is 2.37. The zero-order valence-electron chi connectivity index (χ0n) is 14.7. The number of hydrogen-bond donors (Lipinski definition) is 1. The van der Waals surface area contributed by atoms with Gasteiger partial charge in [-0.25, -0.2) is 9.48 Å². The second kappa shape index (κ2) is 7.29. The van der Waals surface area contributed by atoms with E-state index in [2.05, 4.69) is 10.4 Å². The average Bonchev–Trinajstić information content (AvgIpc) is 2.95. The van der Waals surface area contributed by atoms with Crippen LogP contribution in [0, 0.1) is 13.8 Å². The molecule has 128 valence electrons. The molecule has 1 amide bonds. The quantitative estimate of drug-likeness (QED) is 0.855. The Morgan fingerprint density at radius 3 is 2.50 bits per heavy atom. The Morgan fingerprint density at radius 1 is 1.17 bits per heavy atom. The number of aryl methyl sites for hydroxylation is 2. The summed E-state index contributed by atoms with van der Waals surface area (Å²) in [6.45, 7) is 9.27. The third kappa shape index (κ3) is 4.01. The SMILES string of the molecule is Cc1ccc(C(=O)O[C@@H](C)C(=O)Nc2ccnn2C(C)C)c(C)c1. The molecular formula is C18H23N3O3. The van der Waals surface area contributed by atoms with Gasteiger partial charge in [-0.15, -0.1) is 0 Å². The highest BCUT2D eigenvalue weighted by atomic mass is 16.5. The smallest absolute Gasteiger partial charge is 0.339 e. The van der Waals surface area contributed by atoms with Gasteiger partial charge >= 0.3 is 5.97 Å². The number of aromatic nitrogens is 2. The van der Waals surface area contributed by atoms with Gasteiger partial charge in [-0.3, -0.25) is 4.79 Å². The summed E-state index contributed by atoms with van der Waals surface area (Å²) in [7, 11) is 0. The lowest BCUT2D eigenvalue weighted by Crippen LogP contribution is -2.31. The highest BCUT2D eigenvalue weighted by Gasteiger charge is 2.21. The first-order chi connectivity index (χ1) is 11.3. The van der Waals surface area contributed by atoms with Crippen molar-refractivity contribution in [1.29, 1.82) is 0 Å². The number of carbonyl (C=O) groups excluding carboxylic acids is 2. The molecule has 0 bridgehead atoms. The van der Waals surface area contributed by atoms with Gasteiger partial charge in [0, 0.05) is 12.1 Å². The van der Waals surface area contributed by atoms with Gasteiger partial charge in [0.2, 0.25) is 0 Å². The van der Waals surface area contributed by atoms with Crippen LogP contribution >= 0.6 is 0 Å². The van der Waals surface area contributed by atoms with Crippen LogP contribution in [0.3, 0.4) is 0 Å². The predicted octanol–water partition coefficient (Wildman–Crippen LogP) is 3.26. The minimum Gasteiger partial charge on any atom is -0.449 e. The molecule has 0 saturated carbocycles. The molecule has 2 aromatic rings. The standard InChI is InChI=1S/C18H23N3O3/c1-11(2)21-16(8-9-19-21)20-17(22)14(5)24-18(23)15-7-6-12(3)10-13(15)4/h6-11,14H,1-5H3,(H,20,22)/t14-/m0/s1. The molecule has 0 spiro atoms. The maximum atomic E-state index is 12.3. The lowest BCUT2D eigenvalue weighted by atomic mass is 10.1. The molecule has 24 heavy (non-hydrogen) atoms.